The number of nitrogens with one attached hydrogen (secondary N) is 1. The van der Waals surface area contributed by atoms with E-state index in [2.05, 4.69) is 26.1 Å². The van der Waals surface area contributed by atoms with Gasteiger partial charge in [-0.1, -0.05) is 20.8 Å². The normalized spacial score (nSPS) is 24.0. The predicted octanol–water partition coefficient (Wildman–Crippen LogP) is 1.70. The molecule has 0 radical (unpaired) electrons. The number of carbonyl (C=O) groups excluding carboxylic acids is 1. The largest absolute Gasteiger partial charge is 0.378 e. The molecule has 1 saturated heterocycles. The molecule has 1 heterocycles. The van der Waals surface area contributed by atoms with Crippen molar-refractivity contribution in [3.8, 4) is 0 Å². The number of hydrogen-bond donors (Lipinski definition) is 2. The van der Waals surface area contributed by atoms with Crippen molar-refractivity contribution in [3.63, 3.8) is 0 Å². The van der Waals surface area contributed by atoms with Crippen molar-refractivity contribution in [2.75, 3.05) is 33.4 Å². The Balaban J connectivity index is 2.36. The summed E-state index contributed by atoms with van der Waals surface area (Å²) in [5.41, 5.74) is 5.53. The van der Waals surface area contributed by atoms with Crippen molar-refractivity contribution >= 4 is 5.91 Å². The van der Waals surface area contributed by atoms with Crippen LogP contribution in [0.25, 0.3) is 0 Å². The fraction of sp³-hybridized carbons (Fsp3) is 0.938. The van der Waals surface area contributed by atoms with Crippen molar-refractivity contribution in [2.24, 2.45) is 17.1 Å². The maximum atomic E-state index is 12.1. The summed E-state index contributed by atoms with van der Waals surface area (Å²) < 4.78 is 10.9. The molecule has 0 aliphatic carbocycles. The predicted molar refractivity (Wildman–Crippen MR) is 84.0 cm³/mol. The lowest BCUT2D eigenvalue weighted by atomic mass is 9.76. The molecule has 2 unspecified atom stereocenters. The molecular weight excluding hydrogens is 268 g/mol. The van der Waals surface area contributed by atoms with Gasteiger partial charge in [0.2, 0.25) is 5.91 Å². The minimum Gasteiger partial charge on any atom is -0.378 e. The topological polar surface area (TPSA) is 73.6 Å². The van der Waals surface area contributed by atoms with Crippen LogP contribution < -0.4 is 11.1 Å². The Hall–Kier alpha value is -0.650. The van der Waals surface area contributed by atoms with Crippen LogP contribution in [0.3, 0.4) is 0 Å². The first-order valence-electron chi connectivity index (χ1n) is 7.93. The van der Waals surface area contributed by atoms with Gasteiger partial charge in [-0.05, 0) is 30.7 Å². The van der Waals surface area contributed by atoms with Crippen LogP contribution in [-0.4, -0.2) is 44.9 Å². The van der Waals surface area contributed by atoms with E-state index >= 15 is 0 Å². The van der Waals surface area contributed by atoms with Gasteiger partial charge in [0, 0.05) is 33.1 Å². The molecule has 5 nitrogen and oxygen atoms in total. The fourth-order valence-corrected chi connectivity index (χ4v) is 2.83. The van der Waals surface area contributed by atoms with Gasteiger partial charge >= 0.3 is 0 Å². The SMILES string of the molecule is COC1(CNC(=O)CCC(CCN)C(C)(C)C)CCOC1. The first-order chi connectivity index (χ1) is 9.83. The van der Waals surface area contributed by atoms with E-state index < -0.39 is 0 Å². The molecule has 124 valence electrons. The molecule has 0 saturated carbocycles. The Bertz CT molecular complexity index is 320. The molecule has 0 aromatic carbocycles. The number of ether oxygens (including phenoxy) is 2. The lowest BCUT2D eigenvalue weighted by Crippen LogP contribution is -2.45. The average molecular weight is 300 g/mol. The fourth-order valence-electron chi connectivity index (χ4n) is 2.83. The Morgan fingerprint density at radius 2 is 2.14 bits per heavy atom. The second-order valence-electron chi connectivity index (χ2n) is 7.15. The van der Waals surface area contributed by atoms with E-state index in [1.54, 1.807) is 7.11 Å². The monoisotopic (exact) mass is 300 g/mol. The maximum absolute atomic E-state index is 12.1. The van der Waals surface area contributed by atoms with Crippen molar-refractivity contribution in [3.05, 3.63) is 0 Å². The summed E-state index contributed by atoms with van der Waals surface area (Å²) in [5.74, 6) is 0.559. The van der Waals surface area contributed by atoms with E-state index in [-0.39, 0.29) is 16.9 Å². The van der Waals surface area contributed by atoms with E-state index in [0.717, 1.165) is 19.3 Å². The van der Waals surface area contributed by atoms with Crippen LogP contribution >= 0.6 is 0 Å². The zero-order chi connectivity index (χ0) is 15.9. The van der Waals surface area contributed by atoms with Gasteiger partial charge in [0.25, 0.3) is 0 Å². The molecule has 0 bridgehead atoms. The highest BCUT2D eigenvalue weighted by molar-refractivity contribution is 5.75. The van der Waals surface area contributed by atoms with Gasteiger partial charge in [0.1, 0.15) is 5.60 Å². The Morgan fingerprint density at radius 3 is 2.62 bits per heavy atom. The molecule has 1 aliphatic rings. The van der Waals surface area contributed by atoms with Crippen molar-refractivity contribution in [2.45, 2.75) is 52.1 Å². The third-order valence-electron chi connectivity index (χ3n) is 4.57. The van der Waals surface area contributed by atoms with Crippen LogP contribution in [0, 0.1) is 11.3 Å². The number of hydrogen-bond acceptors (Lipinski definition) is 4. The molecule has 1 fully saturated rings. The molecular formula is C16H32N2O3. The highest BCUT2D eigenvalue weighted by atomic mass is 16.5. The molecule has 0 spiro atoms. The Labute approximate surface area is 128 Å². The van der Waals surface area contributed by atoms with Crippen LogP contribution in [0.4, 0.5) is 0 Å². The highest BCUT2D eigenvalue weighted by Gasteiger charge is 2.35. The molecule has 0 aromatic rings. The lowest BCUT2D eigenvalue weighted by molar-refractivity contribution is -0.123. The van der Waals surface area contributed by atoms with Gasteiger partial charge in [-0.2, -0.15) is 0 Å². The summed E-state index contributed by atoms with van der Waals surface area (Å²) in [5, 5.41) is 2.99. The van der Waals surface area contributed by atoms with Crippen molar-refractivity contribution in [1.82, 2.24) is 5.32 Å². The maximum Gasteiger partial charge on any atom is 0.220 e. The second kappa shape index (κ2) is 8.11. The molecule has 21 heavy (non-hydrogen) atoms. The van der Waals surface area contributed by atoms with Crippen LogP contribution in [-0.2, 0) is 14.3 Å². The van der Waals surface area contributed by atoms with Crippen molar-refractivity contribution in [1.29, 1.82) is 0 Å². The van der Waals surface area contributed by atoms with Crippen LogP contribution in [0.1, 0.15) is 46.5 Å². The standard InChI is InChI=1S/C16H32N2O3/c1-15(2,3)13(7-9-17)5-6-14(19)18-11-16(20-4)8-10-21-12-16/h13H,5-12,17H2,1-4H3,(H,18,19). The Kier molecular flexibility index (Phi) is 7.10. The minimum absolute atomic E-state index is 0.0876. The summed E-state index contributed by atoms with van der Waals surface area (Å²) in [6.07, 6.45) is 3.22. The molecule has 3 N–H and O–H groups in total. The van der Waals surface area contributed by atoms with E-state index in [1.165, 1.54) is 0 Å². The molecule has 5 heteroatoms. The summed E-state index contributed by atoms with van der Waals surface area (Å²) in [7, 11) is 1.68. The molecule has 0 aromatic heterocycles. The smallest absolute Gasteiger partial charge is 0.220 e. The van der Waals surface area contributed by atoms with Crippen LogP contribution in [0.2, 0.25) is 0 Å². The van der Waals surface area contributed by atoms with Gasteiger partial charge in [0.15, 0.2) is 0 Å². The van der Waals surface area contributed by atoms with E-state index in [9.17, 15) is 4.79 Å². The summed E-state index contributed by atoms with van der Waals surface area (Å²) in [6.45, 7) is 9.09. The zero-order valence-electron chi connectivity index (χ0n) is 14.0. The lowest BCUT2D eigenvalue weighted by Gasteiger charge is -2.30. The van der Waals surface area contributed by atoms with E-state index in [0.29, 0.717) is 38.6 Å². The summed E-state index contributed by atoms with van der Waals surface area (Å²) in [4.78, 5) is 12.1. The van der Waals surface area contributed by atoms with E-state index in [4.69, 9.17) is 15.2 Å². The first kappa shape index (κ1) is 18.4. The summed E-state index contributed by atoms with van der Waals surface area (Å²) in [6, 6.07) is 0. The first-order valence-corrected chi connectivity index (χ1v) is 7.93. The second-order valence-corrected chi connectivity index (χ2v) is 7.15. The van der Waals surface area contributed by atoms with Crippen LogP contribution in [0.15, 0.2) is 0 Å². The van der Waals surface area contributed by atoms with E-state index in [1.807, 2.05) is 0 Å². The molecule has 1 amide bonds. The Morgan fingerprint density at radius 1 is 1.43 bits per heavy atom. The number of carbonyl (C=O) groups is 1. The number of methoxy groups -OCH3 is 1. The third-order valence-corrected chi connectivity index (χ3v) is 4.57. The number of rotatable bonds is 8. The van der Waals surface area contributed by atoms with Gasteiger partial charge in [-0.15, -0.1) is 0 Å². The summed E-state index contributed by atoms with van der Waals surface area (Å²) >= 11 is 0. The van der Waals surface area contributed by atoms with Gasteiger partial charge < -0.3 is 20.5 Å². The number of nitrogens with two attached hydrogens (primary N) is 1. The van der Waals surface area contributed by atoms with Gasteiger partial charge in [-0.3, -0.25) is 4.79 Å². The van der Waals surface area contributed by atoms with Gasteiger partial charge in [0.05, 0.1) is 6.61 Å². The third kappa shape index (κ3) is 5.93. The minimum atomic E-state index is -0.337. The van der Waals surface area contributed by atoms with Crippen LogP contribution in [0.5, 0.6) is 0 Å². The van der Waals surface area contributed by atoms with Crippen molar-refractivity contribution < 1.29 is 14.3 Å². The molecule has 1 aliphatic heterocycles. The molecule has 2 atom stereocenters. The zero-order valence-corrected chi connectivity index (χ0v) is 14.0. The highest BCUT2D eigenvalue weighted by Crippen LogP contribution is 2.32. The van der Waals surface area contributed by atoms with Gasteiger partial charge in [-0.25, -0.2) is 0 Å². The average Bonchev–Trinajstić information content (AvgIpc) is 2.89. The molecule has 1 rings (SSSR count). The quantitative estimate of drug-likeness (QED) is 0.715. The number of amides is 1.